The summed E-state index contributed by atoms with van der Waals surface area (Å²) in [5.74, 6) is -0.240. The maximum absolute atomic E-state index is 12.6. The van der Waals surface area contributed by atoms with E-state index < -0.39 is 22.0 Å². The number of benzene rings is 2. The topological polar surface area (TPSA) is 84.5 Å². The van der Waals surface area contributed by atoms with Gasteiger partial charge in [0.25, 0.3) is 0 Å². The van der Waals surface area contributed by atoms with Gasteiger partial charge in [-0.05, 0) is 55.8 Å². The molecule has 0 heterocycles. The lowest BCUT2D eigenvalue weighted by molar-refractivity contribution is -0.117. The monoisotopic (exact) mass is 426 g/mol. The summed E-state index contributed by atoms with van der Waals surface area (Å²) in [6.45, 7) is 3.26. The summed E-state index contributed by atoms with van der Waals surface area (Å²) in [5, 5.41) is 2.66. The molecule has 25 heavy (non-hydrogen) atoms. The number of carbonyl (C=O) groups excluding carboxylic acids is 1. The Morgan fingerprint density at radius 3 is 2.40 bits per heavy atom. The molecule has 0 radical (unpaired) electrons. The number of sulfonamides is 1. The fourth-order valence-corrected chi connectivity index (χ4v) is 3.85. The minimum absolute atomic E-state index is 0.00158. The van der Waals surface area contributed by atoms with Crippen LogP contribution in [-0.2, 0) is 14.8 Å². The van der Waals surface area contributed by atoms with Gasteiger partial charge in [-0.25, -0.2) is 8.42 Å². The third-order valence-electron chi connectivity index (χ3n) is 3.45. The predicted octanol–water partition coefficient (Wildman–Crippen LogP) is 3.07. The fraction of sp³-hybridized carbons (Fsp3) is 0.235. The minimum atomic E-state index is -3.91. The average Bonchev–Trinajstić information content (AvgIpc) is 2.56. The van der Waals surface area contributed by atoms with Crippen molar-refractivity contribution in [3.8, 4) is 5.75 Å². The molecule has 0 saturated carbocycles. The Hall–Kier alpha value is -1.90. The third-order valence-corrected chi connectivity index (χ3v) is 5.54. The summed E-state index contributed by atoms with van der Waals surface area (Å²) in [7, 11) is -2.52. The first kappa shape index (κ1) is 19.4. The molecule has 8 heteroatoms. The highest BCUT2D eigenvalue weighted by Crippen LogP contribution is 2.24. The number of ether oxygens (including phenoxy) is 1. The molecule has 0 aliphatic carbocycles. The van der Waals surface area contributed by atoms with Gasteiger partial charge in [-0.15, -0.1) is 0 Å². The maximum atomic E-state index is 12.6. The van der Waals surface area contributed by atoms with E-state index in [1.54, 1.807) is 43.3 Å². The van der Waals surface area contributed by atoms with Crippen molar-refractivity contribution in [3.05, 3.63) is 52.5 Å². The van der Waals surface area contributed by atoms with Crippen molar-refractivity contribution < 1.29 is 17.9 Å². The zero-order valence-electron chi connectivity index (χ0n) is 14.0. The number of methoxy groups -OCH3 is 1. The average molecular weight is 427 g/mol. The van der Waals surface area contributed by atoms with Crippen LogP contribution in [0.2, 0.25) is 0 Å². The molecule has 0 saturated heterocycles. The molecule has 1 atom stereocenters. The van der Waals surface area contributed by atoms with E-state index in [-0.39, 0.29) is 10.6 Å². The van der Waals surface area contributed by atoms with Crippen LogP contribution in [0, 0.1) is 6.92 Å². The second kappa shape index (κ2) is 7.99. The standard InChI is InChI=1S/C17H19BrN2O4S/c1-11-4-9-15(24-3)16(10-11)25(22,23)20-12(2)17(21)19-14-7-5-13(18)6-8-14/h4-10,12,20H,1-3H3,(H,19,21)/t12-/m1/s1. The van der Waals surface area contributed by atoms with E-state index >= 15 is 0 Å². The first-order valence-electron chi connectivity index (χ1n) is 7.46. The lowest BCUT2D eigenvalue weighted by atomic mass is 10.2. The molecule has 6 nitrogen and oxygen atoms in total. The van der Waals surface area contributed by atoms with Crippen LogP contribution in [-0.4, -0.2) is 27.5 Å². The number of carbonyl (C=O) groups is 1. The van der Waals surface area contributed by atoms with Crippen LogP contribution in [0.25, 0.3) is 0 Å². The minimum Gasteiger partial charge on any atom is -0.495 e. The molecular formula is C17H19BrN2O4S. The van der Waals surface area contributed by atoms with Gasteiger partial charge in [0.1, 0.15) is 10.6 Å². The van der Waals surface area contributed by atoms with Crippen LogP contribution in [0.3, 0.4) is 0 Å². The van der Waals surface area contributed by atoms with Gasteiger partial charge in [0.15, 0.2) is 0 Å². The Morgan fingerprint density at radius 1 is 1.16 bits per heavy atom. The van der Waals surface area contributed by atoms with Crippen LogP contribution < -0.4 is 14.8 Å². The second-order valence-corrected chi connectivity index (χ2v) is 8.09. The Balaban J connectivity index is 2.15. The van der Waals surface area contributed by atoms with Crippen LogP contribution >= 0.6 is 15.9 Å². The Bertz CT molecular complexity index is 867. The highest BCUT2D eigenvalue weighted by molar-refractivity contribution is 9.10. The first-order chi connectivity index (χ1) is 11.7. The molecule has 0 bridgehead atoms. The van der Waals surface area contributed by atoms with E-state index in [4.69, 9.17) is 4.74 Å². The molecule has 0 spiro atoms. The number of hydrogen-bond donors (Lipinski definition) is 2. The summed E-state index contributed by atoms with van der Waals surface area (Å²) < 4.78 is 33.6. The zero-order valence-corrected chi connectivity index (χ0v) is 16.4. The van der Waals surface area contributed by atoms with Gasteiger partial charge in [-0.3, -0.25) is 4.79 Å². The molecule has 2 rings (SSSR count). The van der Waals surface area contributed by atoms with E-state index in [1.807, 2.05) is 0 Å². The summed E-state index contributed by atoms with van der Waals surface area (Å²) in [5.41, 5.74) is 1.35. The SMILES string of the molecule is COc1ccc(C)cc1S(=O)(=O)N[C@H](C)C(=O)Nc1ccc(Br)cc1. The molecule has 0 aliphatic rings. The van der Waals surface area contributed by atoms with Crippen LogP contribution in [0.15, 0.2) is 51.8 Å². The summed E-state index contributed by atoms with van der Waals surface area (Å²) >= 11 is 3.31. The van der Waals surface area contributed by atoms with Crippen molar-refractivity contribution in [2.75, 3.05) is 12.4 Å². The predicted molar refractivity (Wildman–Crippen MR) is 100 cm³/mol. The third kappa shape index (κ3) is 5.04. The normalized spacial score (nSPS) is 12.5. The largest absolute Gasteiger partial charge is 0.495 e. The lowest BCUT2D eigenvalue weighted by Crippen LogP contribution is -2.41. The smallest absolute Gasteiger partial charge is 0.244 e. The van der Waals surface area contributed by atoms with E-state index in [2.05, 4.69) is 26.0 Å². The van der Waals surface area contributed by atoms with E-state index in [0.29, 0.717) is 5.69 Å². The molecular weight excluding hydrogens is 408 g/mol. The van der Waals surface area contributed by atoms with E-state index in [1.165, 1.54) is 20.1 Å². The summed E-state index contributed by atoms with van der Waals surface area (Å²) in [4.78, 5) is 12.2. The number of halogens is 1. The fourth-order valence-electron chi connectivity index (χ4n) is 2.13. The number of amides is 1. The van der Waals surface area contributed by atoms with Crippen molar-refractivity contribution >= 4 is 37.5 Å². The molecule has 0 unspecified atom stereocenters. The van der Waals surface area contributed by atoms with E-state index in [0.717, 1.165) is 10.0 Å². The van der Waals surface area contributed by atoms with Gasteiger partial charge in [0, 0.05) is 10.2 Å². The van der Waals surface area contributed by atoms with Gasteiger partial charge < -0.3 is 10.1 Å². The van der Waals surface area contributed by atoms with Crippen LogP contribution in [0.1, 0.15) is 12.5 Å². The molecule has 0 aliphatic heterocycles. The number of anilines is 1. The highest BCUT2D eigenvalue weighted by atomic mass is 79.9. The number of hydrogen-bond acceptors (Lipinski definition) is 4. The van der Waals surface area contributed by atoms with Crippen molar-refractivity contribution in [1.82, 2.24) is 4.72 Å². The zero-order chi connectivity index (χ0) is 18.6. The molecule has 2 aromatic rings. The van der Waals surface area contributed by atoms with Gasteiger partial charge in [0.05, 0.1) is 13.2 Å². The number of rotatable bonds is 6. The van der Waals surface area contributed by atoms with Gasteiger partial charge in [-0.2, -0.15) is 4.72 Å². The van der Waals surface area contributed by atoms with Crippen molar-refractivity contribution in [2.45, 2.75) is 24.8 Å². The Labute approximate surface area is 155 Å². The van der Waals surface area contributed by atoms with Crippen LogP contribution in [0.5, 0.6) is 5.75 Å². The molecule has 2 aromatic carbocycles. The highest BCUT2D eigenvalue weighted by Gasteiger charge is 2.25. The lowest BCUT2D eigenvalue weighted by Gasteiger charge is -2.16. The molecule has 2 N–H and O–H groups in total. The molecule has 0 aromatic heterocycles. The Morgan fingerprint density at radius 2 is 1.80 bits per heavy atom. The quantitative estimate of drug-likeness (QED) is 0.742. The number of aryl methyl sites for hydroxylation is 1. The maximum Gasteiger partial charge on any atom is 0.244 e. The molecule has 134 valence electrons. The van der Waals surface area contributed by atoms with Crippen molar-refractivity contribution in [1.29, 1.82) is 0 Å². The Kier molecular flexibility index (Phi) is 6.21. The number of nitrogens with one attached hydrogen (secondary N) is 2. The second-order valence-electron chi connectivity index (χ2n) is 5.49. The molecule has 0 fully saturated rings. The molecule has 1 amide bonds. The van der Waals surface area contributed by atoms with Gasteiger partial charge in [0.2, 0.25) is 15.9 Å². The van der Waals surface area contributed by atoms with E-state index in [9.17, 15) is 13.2 Å². The first-order valence-corrected chi connectivity index (χ1v) is 9.74. The van der Waals surface area contributed by atoms with Crippen molar-refractivity contribution in [2.24, 2.45) is 0 Å². The summed E-state index contributed by atoms with van der Waals surface area (Å²) in [6, 6.07) is 10.9. The van der Waals surface area contributed by atoms with Gasteiger partial charge in [-0.1, -0.05) is 22.0 Å². The summed E-state index contributed by atoms with van der Waals surface area (Å²) in [6.07, 6.45) is 0. The van der Waals surface area contributed by atoms with Crippen LogP contribution in [0.4, 0.5) is 5.69 Å². The van der Waals surface area contributed by atoms with Crippen molar-refractivity contribution in [3.63, 3.8) is 0 Å². The van der Waals surface area contributed by atoms with Gasteiger partial charge >= 0.3 is 0 Å².